The molecule has 3 aromatic rings. The molecule has 0 saturated heterocycles. The molecular weight excluding hydrogens is 437 g/mol. The van der Waals surface area contributed by atoms with Gasteiger partial charge in [-0.2, -0.15) is 0 Å². The lowest BCUT2D eigenvalue weighted by Gasteiger charge is -2.23. The Morgan fingerprint density at radius 2 is 1.73 bits per heavy atom. The van der Waals surface area contributed by atoms with Gasteiger partial charge in [-0.3, -0.25) is 0 Å². The molecule has 3 rings (SSSR count). The van der Waals surface area contributed by atoms with Gasteiger partial charge in [0.2, 0.25) is 5.95 Å². The van der Waals surface area contributed by atoms with Gasteiger partial charge in [0.25, 0.3) is 0 Å². The van der Waals surface area contributed by atoms with Crippen molar-refractivity contribution in [2.24, 2.45) is 5.92 Å². The Morgan fingerprint density at radius 3 is 2.33 bits per heavy atom. The number of hydrogen-bond donors (Lipinski definition) is 0. The van der Waals surface area contributed by atoms with E-state index >= 15 is 4.39 Å². The van der Waals surface area contributed by atoms with Crippen LogP contribution in [0.4, 0.5) is 10.3 Å². The smallest absolute Gasteiger partial charge is 0.225 e. The summed E-state index contributed by atoms with van der Waals surface area (Å²) in [6.07, 6.45) is 7.49. The summed E-state index contributed by atoms with van der Waals surface area (Å²) in [5.41, 5.74) is 3.53. The number of anilines is 1. The first-order valence-corrected chi connectivity index (χ1v) is 12.4. The van der Waals surface area contributed by atoms with Crippen molar-refractivity contribution in [3.05, 3.63) is 40.6 Å². The van der Waals surface area contributed by atoms with Crippen LogP contribution in [0.2, 0.25) is 5.02 Å². The number of rotatable bonds is 10. The summed E-state index contributed by atoms with van der Waals surface area (Å²) < 4.78 is 15.1. The van der Waals surface area contributed by atoms with Crippen LogP contribution >= 0.6 is 11.6 Å². The quantitative estimate of drug-likeness (QED) is 0.309. The lowest BCUT2D eigenvalue weighted by Crippen LogP contribution is -2.28. The summed E-state index contributed by atoms with van der Waals surface area (Å²) in [6, 6.07) is 1.44. The number of hydrogen-bond acceptors (Lipinski definition) is 5. The van der Waals surface area contributed by atoms with Gasteiger partial charge >= 0.3 is 0 Å². The SMILES string of the molecule is CCCN(CC[C@H](C)CC)c1ncc(-c2nc3c([C@H](C)CC)c(Cl)c(C)nc3cc2F)cn1. The van der Waals surface area contributed by atoms with Gasteiger partial charge in [0.05, 0.1) is 21.7 Å². The maximum absolute atomic E-state index is 15.1. The van der Waals surface area contributed by atoms with Gasteiger partial charge in [0.1, 0.15) is 5.69 Å². The summed E-state index contributed by atoms with van der Waals surface area (Å²) in [7, 11) is 0. The zero-order valence-corrected chi connectivity index (χ0v) is 21.4. The molecule has 0 amide bonds. The standard InChI is InChI=1S/C26H35ClFN5/c1-7-11-33(12-10-16(4)8-2)26-29-14-19(15-30-26)24-20(28)13-21-25(32-24)22(17(5)9-3)23(27)18(6)31-21/h13-17H,7-12H2,1-6H3/t16-,17-/m1/s1. The van der Waals surface area contributed by atoms with Crippen LogP contribution in [-0.2, 0) is 0 Å². The second-order valence-corrected chi connectivity index (χ2v) is 9.36. The lowest BCUT2D eigenvalue weighted by atomic mass is 9.96. The number of aromatic nitrogens is 4. The second-order valence-electron chi connectivity index (χ2n) is 8.98. The largest absolute Gasteiger partial charge is 0.341 e. The van der Waals surface area contributed by atoms with Gasteiger partial charge in [0, 0.05) is 42.7 Å². The van der Waals surface area contributed by atoms with Crippen molar-refractivity contribution in [2.45, 2.75) is 73.1 Å². The van der Waals surface area contributed by atoms with Crippen molar-refractivity contribution >= 4 is 28.6 Å². The van der Waals surface area contributed by atoms with Crippen LogP contribution in [0.5, 0.6) is 0 Å². The van der Waals surface area contributed by atoms with E-state index in [-0.39, 0.29) is 11.6 Å². The molecule has 3 aromatic heterocycles. The van der Waals surface area contributed by atoms with E-state index in [2.05, 4.69) is 59.5 Å². The van der Waals surface area contributed by atoms with Gasteiger partial charge < -0.3 is 4.90 Å². The molecule has 178 valence electrons. The second kappa shape index (κ2) is 11.2. The van der Waals surface area contributed by atoms with E-state index in [0.29, 0.717) is 39.2 Å². The molecule has 0 aliphatic heterocycles. The van der Waals surface area contributed by atoms with E-state index in [1.54, 1.807) is 12.4 Å². The van der Waals surface area contributed by atoms with Gasteiger partial charge in [-0.15, -0.1) is 0 Å². The fourth-order valence-electron chi connectivity index (χ4n) is 3.92. The molecule has 0 aromatic carbocycles. The number of nitrogens with zero attached hydrogens (tertiary/aromatic N) is 5. The zero-order valence-electron chi connectivity index (χ0n) is 20.6. The minimum Gasteiger partial charge on any atom is -0.341 e. The fourth-order valence-corrected chi connectivity index (χ4v) is 4.23. The van der Waals surface area contributed by atoms with E-state index in [4.69, 9.17) is 11.6 Å². The van der Waals surface area contributed by atoms with Gasteiger partial charge in [-0.25, -0.2) is 24.3 Å². The van der Waals surface area contributed by atoms with Gasteiger partial charge in [-0.05, 0) is 38.0 Å². The Hall–Kier alpha value is -2.34. The van der Waals surface area contributed by atoms with E-state index < -0.39 is 5.82 Å². The summed E-state index contributed by atoms with van der Waals surface area (Å²) in [4.78, 5) is 20.5. The Balaban J connectivity index is 2.00. The van der Waals surface area contributed by atoms with Crippen LogP contribution < -0.4 is 4.90 Å². The maximum atomic E-state index is 15.1. The van der Waals surface area contributed by atoms with Gasteiger partial charge in [-0.1, -0.05) is 52.6 Å². The molecule has 0 N–H and O–H groups in total. The van der Waals surface area contributed by atoms with E-state index in [9.17, 15) is 0 Å². The van der Waals surface area contributed by atoms with Crippen molar-refractivity contribution in [3.8, 4) is 11.3 Å². The van der Waals surface area contributed by atoms with Crippen molar-refractivity contribution in [1.29, 1.82) is 0 Å². The minimum absolute atomic E-state index is 0.180. The zero-order chi connectivity index (χ0) is 24.1. The van der Waals surface area contributed by atoms with Crippen molar-refractivity contribution in [3.63, 3.8) is 0 Å². The fraction of sp³-hybridized carbons (Fsp3) is 0.538. The van der Waals surface area contributed by atoms with Crippen LogP contribution in [0.15, 0.2) is 18.5 Å². The number of halogens is 2. The average Bonchev–Trinajstić information content (AvgIpc) is 2.82. The van der Waals surface area contributed by atoms with Crippen molar-refractivity contribution in [2.75, 3.05) is 18.0 Å². The molecule has 33 heavy (non-hydrogen) atoms. The highest BCUT2D eigenvalue weighted by molar-refractivity contribution is 6.32. The monoisotopic (exact) mass is 471 g/mol. The molecule has 0 fully saturated rings. The third-order valence-corrected chi connectivity index (χ3v) is 6.91. The summed E-state index contributed by atoms with van der Waals surface area (Å²) >= 11 is 6.61. The molecule has 7 heteroatoms. The molecule has 0 saturated carbocycles. The first-order chi connectivity index (χ1) is 15.8. The molecule has 0 spiro atoms. The molecule has 0 bridgehead atoms. The number of aryl methyl sites for hydroxylation is 1. The first-order valence-electron chi connectivity index (χ1n) is 12.0. The summed E-state index contributed by atoms with van der Waals surface area (Å²) in [6.45, 7) is 14.5. The molecule has 2 atom stereocenters. The summed E-state index contributed by atoms with van der Waals surface area (Å²) in [5, 5.41) is 0.602. The molecule has 0 unspecified atom stereocenters. The molecule has 0 aliphatic carbocycles. The molecular formula is C26H35ClFN5. The molecule has 3 heterocycles. The minimum atomic E-state index is -0.439. The Labute approximate surface area is 201 Å². The maximum Gasteiger partial charge on any atom is 0.225 e. The lowest BCUT2D eigenvalue weighted by molar-refractivity contribution is 0.507. The molecule has 0 radical (unpaired) electrons. The van der Waals surface area contributed by atoms with Gasteiger partial charge in [0.15, 0.2) is 5.82 Å². The molecule has 5 nitrogen and oxygen atoms in total. The van der Waals surface area contributed by atoms with Crippen LogP contribution in [-0.4, -0.2) is 33.0 Å². The summed E-state index contributed by atoms with van der Waals surface area (Å²) in [5.74, 6) is 1.07. The van der Waals surface area contributed by atoms with Crippen molar-refractivity contribution in [1.82, 2.24) is 19.9 Å². The van der Waals surface area contributed by atoms with E-state index in [0.717, 1.165) is 44.3 Å². The third-order valence-electron chi connectivity index (χ3n) is 6.44. The normalized spacial score (nSPS) is 13.3. The highest BCUT2D eigenvalue weighted by Crippen LogP contribution is 2.35. The highest BCUT2D eigenvalue weighted by atomic mass is 35.5. The topological polar surface area (TPSA) is 54.8 Å². The highest BCUT2D eigenvalue weighted by Gasteiger charge is 2.20. The van der Waals surface area contributed by atoms with Crippen LogP contribution in [0.1, 0.15) is 77.5 Å². The van der Waals surface area contributed by atoms with Crippen molar-refractivity contribution < 1.29 is 4.39 Å². The van der Waals surface area contributed by atoms with E-state index in [1.165, 1.54) is 6.07 Å². The molecule has 0 aliphatic rings. The first kappa shape index (κ1) is 25.3. The van der Waals surface area contributed by atoms with Crippen LogP contribution in [0, 0.1) is 18.7 Å². The van der Waals surface area contributed by atoms with Crippen LogP contribution in [0.3, 0.4) is 0 Å². The predicted octanol–water partition coefficient (Wildman–Crippen LogP) is 7.35. The predicted molar refractivity (Wildman–Crippen MR) is 136 cm³/mol. The van der Waals surface area contributed by atoms with E-state index in [1.807, 2.05) is 6.92 Å². The third kappa shape index (κ3) is 5.60. The van der Waals surface area contributed by atoms with Crippen LogP contribution in [0.25, 0.3) is 22.3 Å². The number of fused-ring (bicyclic) bond motifs is 1. The average molecular weight is 472 g/mol. The Morgan fingerprint density at radius 1 is 1.03 bits per heavy atom. The Kier molecular flexibility index (Phi) is 8.57. The number of pyridine rings is 2. The Bertz CT molecular complexity index is 1090.